The van der Waals surface area contributed by atoms with Gasteiger partial charge in [-0.1, -0.05) is 37.3 Å². The highest BCUT2D eigenvalue weighted by atomic mass is 32.1. The number of hydrogen-bond donors (Lipinski definition) is 0. The van der Waals surface area contributed by atoms with Crippen molar-refractivity contribution in [2.24, 2.45) is 10.9 Å². The molecule has 1 aliphatic heterocycles. The van der Waals surface area contributed by atoms with Crippen molar-refractivity contribution >= 4 is 23.4 Å². The Balaban J connectivity index is 1.89. The van der Waals surface area contributed by atoms with Crippen LogP contribution in [0.25, 0.3) is 6.08 Å². The van der Waals surface area contributed by atoms with E-state index in [0.717, 1.165) is 11.3 Å². The minimum Gasteiger partial charge on any atom is -0.493 e. The summed E-state index contributed by atoms with van der Waals surface area (Å²) >= 11 is 1.26. The summed E-state index contributed by atoms with van der Waals surface area (Å²) in [6.07, 6.45) is 1.81. The minimum atomic E-state index is -0.821. The summed E-state index contributed by atoms with van der Waals surface area (Å²) in [6, 6.07) is 10.2. The molecule has 0 bridgehead atoms. The highest BCUT2D eigenvalue weighted by molar-refractivity contribution is 7.07. The van der Waals surface area contributed by atoms with Crippen molar-refractivity contribution in [3.05, 3.63) is 78.5 Å². The predicted molar refractivity (Wildman–Crippen MR) is 153 cm³/mol. The van der Waals surface area contributed by atoms with Crippen LogP contribution in [0.4, 0.5) is 0 Å². The molecule has 40 heavy (non-hydrogen) atoms. The van der Waals surface area contributed by atoms with E-state index in [4.69, 9.17) is 23.7 Å². The second-order valence-corrected chi connectivity index (χ2v) is 10.5. The molecular formula is C30H34N2O7S. The Morgan fingerprint density at radius 2 is 1.73 bits per heavy atom. The van der Waals surface area contributed by atoms with Crippen LogP contribution in [0.2, 0.25) is 0 Å². The largest absolute Gasteiger partial charge is 0.493 e. The van der Waals surface area contributed by atoms with Gasteiger partial charge >= 0.3 is 5.97 Å². The van der Waals surface area contributed by atoms with Crippen LogP contribution >= 0.6 is 11.3 Å². The number of carbonyl (C=O) groups excluding carboxylic acids is 1. The normalized spacial score (nSPS) is 15.0. The van der Waals surface area contributed by atoms with Crippen LogP contribution in [0.3, 0.4) is 0 Å². The zero-order valence-electron chi connectivity index (χ0n) is 23.8. The summed E-state index contributed by atoms with van der Waals surface area (Å²) in [6.45, 7) is 8.46. The Kier molecular flexibility index (Phi) is 8.99. The SMILES string of the molecule is CCOC(=O)C1=C(C)N=c2s/c(=C/c3ccc(OCC(C)C)cc3)c(=O)n2[C@H]1c1cc(OC)c(OC)c(OC)c1. The number of thiazole rings is 1. The van der Waals surface area contributed by atoms with Gasteiger partial charge < -0.3 is 23.7 Å². The second-order valence-electron chi connectivity index (χ2n) is 9.53. The molecule has 0 radical (unpaired) electrons. The lowest BCUT2D eigenvalue weighted by Gasteiger charge is -2.26. The molecule has 0 saturated carbocycles. The molecule has 0 N–H and O–H groups in total. The quantitative estimate of drug-likeness (QED) is 0.344. The van der Waals surface area contributed by atoms with Crippen molar-refractivity contribution in [2.45, 2.75) is 33.7 Å². The Morgan fingerprint density at radius 1 is 1.07 bits per heavy atom. The zero-order chi connectivity index (χ0) is 29.0. The van der Waals surface area contributed by atoms with Gasteiger partial charge in [-0.3, -0.25) is 9.36 Å². The molecule has 1 aliphatic rings. The number of aromatic nitrogens is 1. The van der Waals surface area contributed by atoms with E-state index in [1.807, 2.05) is 30.3 Å². The van der Waals surface area contributed by atoms with Crippen molar-refractivity contribution in [3.63, 3.8) is 0 Å². The minimum absolute atomic E-state index is 0.179. The number of rotatable bonds is 10. The first-order chi connectivity index (χ1) is 19.2. The molecule has 1 aromatic heterocycles. The molecule has 10 heteroatoms. The zero-order valence-corrected chi connectivity index (χ0v) is 24.6. The van der Waals surface area contributed by atoms with E-state index >= 15 is 0 Å². The first-order valence-electron chi connectivity index (χ1n) is 12.9. The molecule has 0 amide bonds. The maximum atomic E-state index is 13.9. The number of benzene rings is 2. The van der Waals surface area contributed by atoms with Gasteiger partial charge in [-0.25, -0.2) is 9.79 Å². The first-order valence-corrected chi connectivity index (χ1v) is 13.8. The topological polar surface area (TPSA) is 97.6 Å². The molecule has 9 nitrogen and oxygen atoms in total. The number of carbonyl (C=O) groups is 1. The molecule has 0 spiro atoms. The third kappa shape index (κ3) is 5.77. The molecule has 0 saturated heterocycles. The summed E-state index contributed by atoms with van der Waals surface area (Å²) in [5.41, 5.74) is 1.88. The van der Waals surface area contributed by atoms with E-state index in [9.17, 15) is 9.59 Å². The molecule has 212 valence electrons. The summed E-state index contributed by atoms with van der Waals surface area (Å²) in [7, 11) is 4.54. The highest BCUT2D eigenvalue weighted by Crippen LogP contribution is 2.42. The Bertz CT molecular complexity index is 1580. The van der Waals surface area contributed by atoms with E-state index in [0.29, 0.717) is 50.4 Å². The number of allylic oxidation sites excluding steroid dienone is 1. The molecule has 2 aromatic carbocycles. The predicted octanol–water partition coefficient (Wildman–Crippen LogP) is 3.86. The molecule has 0 aliphatic carbocycles. The summed E-state index contributed by atoms with van der Waals surface area (Å²) in [5.74, 6) is 1.84. The van der Waals surface area contributed by atoms with Gasteiger partial charge in [0.15, 0.2) is 16.3 Å². The van der Waals surface area contributed by atoms with Crippen LogP contribution in [0.1, 0.15) is 44.9 Å². The molecule has 3 aromatic rings. The van der Waals surface area contributed by atoms with E-state index in [1.165, 1.54) is 37.2 Å². The van der Waals surface area contributed by atoms with Gasteiger partial charge in [0, 0.05) is 0 Å². The number of hydrogen-bond acceptors (Lipinski definition) is 9. The van der Waals surface area contributed by atoms with Gasteiger partial charge in [-0.2, -0.15) is 0 Å². The molecule has 2 heterocycles. The van der Waals surface area contributed by atoms with Gasteiger partial charge in [-0.05, 0) is 61.2 Å². The van der Waals surface area contributed by atoms with E-state index in [2.05, 4.69) is 18.8 Å². The number of esters is 1. The molecular weight excluding hydrogens is 532 g/mol. The van der Waals surface area contributed by atoms with Gasteiger partial charge in [0.25, 0.3) is 5.56 Å². The Labute approximate surface area is 236 Å². The molecule has 0 unspecified atom stereocenters. The maximum Gasteiger partial charge on any atom is 0.338 e. The maximum absolute atomic E-state index is 13.9. The number of fused-ring (bicyclic) bond motifs is 1. The fourth-order valence-corrected chi connectivity index (χ4v) is 5.49. The smallest absolute Gasteiger partial charge is 0.338 e. The van der Waals surface area contributed by atoms with Crippen molar-refractivity contribution in [1.29, 1.82) is 0 Å². The standard InChI is InChI=1S/C30H34N2O7S/c1-8-38-29(34)25-18(4)31-30-32(26(25)20-14-22(35-5)27(37-7)23(15-20)36-6)28(33)24(40-30)13-19-9-11-21(12-10-19)39-16-17(2)3/h9-15,17,26H,8,16H2,1-7H3/b24-13+/t26-/m0/s1. The van der Waals surface area contributed by atoms with E-state index < -0.39 is 12.0 Å². The summed E-state index contributed by atoms with van der Waals surface area (Å²) < 4.78 is 29.8. The Hall–Kier alpha value is -4.05. The lowest BCUT2D eigenvalue weighted by atomic mass is 9.95. The number of ether oxygens (including phenoxy) is 5. The van der Waals surface area contributed by atoms with Crippen molar-refractivity contribution in [1.82, 2.24) is 4.57 Å². The summed E-state index contributed by atoms with van der Waals surface area (Å²) in [4.78, 5) is 32.2. The van der Waals surface area contributed by atoms with Crippen LogP contribution in [-0.4, -0.2) is 45.1 Å². The van der Waals surface area contributed by atoms with E-state index in [-0.39, 0.29) is 17.7 Å². The van der Waals surface area contributed by atoms with Gasteiger partial charge in [0.1, 0.15) is 5.75 Å². The summed E-state index contributed by atoms with van der Waals surface area (Å²) in [5, 5.41) is 0. The molecule has 0 fully saturated rings. The van der Waals surface area contributed by atoms with Crippen molar-refractivity contribution in [3.8, 4) is 23.0 Å². The first kappa shape index (κ1) is 28.9. The monoisotopic (exact) mass is 566 g/mol. The van der Waals surface area contributed by atoms with Gasteiger partial charge in [0.2, 0.25) is 5.75 Å². The second kappa shape index (κ2) is 12.4. The molecule has 4 rings (SSSR count). The Morgan fingerprint density at radius 3 is 2.27 bits per heavy atom. The van der Waals surface area contributed by atoms with E-state index in [1.54, 1.807) is 26.0 Å². The average molecular weight is 567 g/mol. The number of nitrogens with zero attached hydrogens (tertiary/aromatic N) is 2. The lowest BCUT2D eigenvalue weighted by molar-refractivity contribution is -0.139. The van der Waals surface area contributed by atoms with Crippen LogP contribution in [0, 0.1) is 5.92 Å². The average Bonchev–Trinajstić information content (AvgIpc) is 3.24. The van der Waals surface area contributed by atoms with Gasteiger partial charge in [0.05, 0.1) is 56.4 Å². The van der Waals surface area contributed by atoms with Crippen LogP contribution in [-0.2, 0) is 9.53 Å². The fourth-order valence-electron chi connectivity index (χ4n) is 4.44. The van der Waals surface area contributed by atoms with Crippen molar-refractivity contribution in [2.75, 3.05) is 34.5 Å². The van der Waals surface area contributed by atoms with Gasteiger partial charge in [-0.15, -0.1) is 0 Å². The third-order valence-corrected chi connectivity index (χ3v) is 7.26. The fraction of sp³-hybridized carbons (Fsp3) is 0.367. The lowest BCUT2D eigenvalue weighted by Crippen LogP contribution is -2.40. The van der Waals surface area contributed by atoms with Crippen LogP contribution < -0.4 is 33.8 Å². The highest BCUT2D eigenvalue weighted by Gasteiger charge is 2.34. The van der Waals surface area contributed by atoms with Crippen LogP contribution in [0.15, 0.2) is 57.5 Å². The third-order valence-electron chi connectivity index (χ3n) is 6.28. The van der Waals surface area contributed by atoms with Crippen molar-refractivity contribution < 1.29 is 28.5 Å². The molecule has 1 atom stereocenters. The number of methoxy groups -OCH3 is 3. The van der Waals surface area contributed by atoms with Crippen LogP contribution in [0.5, 0.6) is 23.0 Å².